The Labute approximate surface area is 194 Å². The van der Waals surface area contributed by atoms with Crippen molar-refractivity contribution in [2.75, 3.05) is 48.5 Å². The van der Waals surface area contributed by atoms with Crippen LogP contribution in [0.5, 0.6) is 17.2 Å². The third-order valence-electron chi connectivity index (χ3n) is 5.75. The monoisotopic (exact) mass is 454 g/mol. The van der Waals surface area contributed by atoms with Crippen LogP contribution in [0.1, 0.15) is 22.7 Å². The molecule has 1 heterocycles. The average Bonchev–Trinajstić information content (AvgIpc) is 3.06. The number of ketones is 1. The Morgan fingerprint density at radius 1 is 1.00 bits per heavy atom. The van der Waals surface area contributed by atoms with Gasteiger partial charge in [0.1, 0.15) is 23.0 Å². The van der Waals surface area contributed by atoms with Gasteiger partial charge in [-0.2, -0.15) is 0 Å². The number of amides is 1. The van der Waals surface area contributed by atoms with E-state index in [2.05, 4.69) is 0 Å². The molecule has 1 fully saturated rings. The lowest BCUT2D eigenvalue weighted by molar-refractivity contribution is -0.140. The molecule has 1 atom stereocenters. The van der Waals surface area contributed by atoms with Gasteiger partial charge in [-0.15, -0.1) is 0 Å². The fraction of sp³-hybridized carbons (Fsp3) is 0.360. The molecular formula is C25H30N2O6. The molecule has 0 radical (unpaired) electrons. The van der Waals surface area contributed by atoms with Crippen molar-refractivity contribution in [1.82, 2.24) is 9.80 Å². The van der Waals surface area contributed by atoms with Crippen molar-refractivity contribution in [2.45, 2.75) is 13.0 Å². The molecular weight excluding hydrogens is 424 g/mol. The van der Waals surface area contributed by atoms with Crippen LogP contribution in [0.3, 0.4) is 0 Å². The van der Waals surface area contributed by atoms with E-state index >= 15 is 0 Å². The maximum Gasteiger partial charge on any atom is 0.295 e. The van der Waals surface area contributed by atoms with Crippen molar-refractivity contribution in [1.29, 1.82) is 0 Å². The number of hydrogen-bond acceptors (Lipinski definition) is 7. The number of rotatable bonds is 8. The number of aliphatic hydroxyl groups excluding tert-OH is 1. The first kappa shape index (κ1) is 24.1. The zero-order valence-electron chi connectivity index (χ0n) is 19.8. The molecule has 0 saturated carbocycles. The van der Waals surface area contributed by atoms with Crippen LogP contribution in [-0.2, 0) is 9.59 Å². The molecule has 1 N–H and O–H groups in total. The second kappa shape index (κ2) is 9.95. The molecule has 1 aliphatic heterocycles. The van der Waals surface area contributed by atoms with Gasteiger partial charge in [0.05, 0.1) is 32.9 Å². The Morgan fingerprint density at radius 2 is 1.64 bits per heavy atom. The lowest BCUT2D eigenvalue weighted by atomic mass is 9.93. The molecule has 0 aliphatic carbocycles. The van der Waals surface area contributed by atoms with Gasteiger partial charge in [0.15, 0.2) is 0 Å². The smallest absolute Gasteiger partial charge is 0.295 e. The number of hydrogen-bond donors (Lipinski definition) is 1. The molecule has 1 saturated heterocycles. The summed E-state index contributed by atoms with van der Waals surface area (Å²) in [6.45, 7) is 2.65. The average molecular weight is 455 g/mol. The highest BCUT2D eigenvalue weighted by atomic mass is 16.5. The first-order chi connectivity index (χ1) is 15.7. The molecule has 0 bridgehead atoms. The molecule has 176 valence electrons. The molecule has 0 spiro atoms. The lowest BCUT2D eigenvalue weighted by Gasteiger charge is -2.28. The summed E-state index contributed by atoms with van der Waals surface area (Å²) >= 11 is 0. The summed E-state index contributed by atoms with van der Waals surface area (Å²) in [5, 5.41) is 11.3. The molecule has 0 unspecified atom stereocenters. The van der Waals surface area contributed by atoms with Crippen LogP contribution in [0.25, 0.3) is 5.76 Å². The van der Waals surface area contributed by atoms with E-state index in [4.69, 9.17) is 14.2 Å². The Hall–Kier alpha value is -3.52. The zero-order chi connectivity index (χ0) is 24.3. The van der Waals surface area contributed by atoms with E-state index in [9.17, 15) is 14.7 Å². The van der Waals surface area contributed by atoms with Gasteiger partial charge in [-0.3, -0.25) is 9.59 Å². The maximum atomic E-state index is 13.2. The van der Waals surface area contributed by atoms with Gasteiger partial charge in [-0.1, -0.05) is 0 Å². The number of ether oxygens (including phenoxy) is 3. The minimum atomic E-state index is -0.813. The SMILES string of the molecule is COc1ccc(/C(O)=C2\C(=O)C(=O)N(CCN(C)C)[C@@H]2c2ccc(OC)cc2OC)c(C)c1. The van der Waals surface area contributed by atoms with Crippen LogP contribution in [0.2, 0.25) is 0 Å². The molecule has 33 heavy (non-hydrogen) atoms. The van der Waals surface area contributed by atoms with E-state index in [1.807, 2.05) is 25.9 Å². The standard InChI is InChI=1S/C25H30N2O6/c1-15-13-16(31-4)7-9-18(15)23(28)21-22(19-10-8-17(32-5)14-20(19)33-6)27(12-11-26(2)3)25(30)24(21)29/h7-10,13-14,22,28H,11-12H2,1-6H3/b23-21+/t22-/m1/s1. The summed E-state index contributed by atoms with van der Waals surface area (Å²) in [4.78, 5) is 29.7. The summed E-state index contributed by atoms with van der Waals surface area (Å²) in [6, 6.07) is 9.52. The van der Waals surface area contributed by atoms with Crippen LogP contribution >= 0.6 is 0 Å². The van der Waals surface area contributed by atoms with Crippen LogP contribution < -0.4 is 14.2 Å². The highest BCUT2D eigenvalue weighted by Gasteiger charge is 2.47. The van der Waals surface area contributed by atoms with E-state index in [-0.39, 0.29) is 11.3 Å². The largest absolute Gasteiger partial charge is 0.507 e. The van der Waals surface area contributed by atoms with Crippen molar-refractivity contribution in [3.63, 3.8) is 0 Å². The van der Waals surface area contributed by atoms with Crippen LogP contribution in [0.4, 0.5) is 0 Å². The molecule has 8 nitrogen and oxygen atoms in total. The Balaban J connectivity index is 2.23. The molecule has 2 aromatic carbocycles. The van der Waals surface area contributed by atoms with Crippen molar-refractivity contribution in [3.8, 4) is 17.2 Å². The number of aryl methyl sites for hydroxylation is 1. The highest BCUT2D eigenvalue weighted by Crippen LogP contribution is 2.44. The molecule has 8 heteroatoms. The number of carbonyl (C=O) groups excluding carboxylic acids is 2. The number of likely N-dealkylation sites (tertiary alicyclic amines) is 1. The van der Waals surface area contributed by atoms with Crippen LogP contribution in [0.15, 0.2) is 42.0 Å². The predicted molar refractivity (Wildman–Crippen MR) is 125 cm³/mol. The van der Waals surface area contributed by atoms with E-state index in [0.29, 0.717) is 47.0 Å². The van der Waals surface area contributed by atoms with Crippen molar-refractivity contribution in [3.05, 3.63) is 58.7 Å². The lowest BCUT2D eigenvalue weighted by Crippen LogP contribution is -2.35. The molecule has 0 aromatic heterocycles. The van der Waals surface area contributed by atoms with Crippen LogP contribution in [0, 0.1) is 6.92 Å². The molecule has 1 aliphatic rings. The number of methoxy groups -OCH3 is 3. The maximum absolute atomic E-state index is 13.2. The number of carbonyl (C=O) groups is 2. The fourth-order valence-electron chi connectivity index (χ4n) is 3.96. The second-order valence-electron chi connectivity index (χ2n) is 8.08. The van der Waals surface area contributed by atoms with E-state index in [0.717, 1.165) is 0 Å². The summed E-state index contributed by atoms with van der Waals surface area (Å²) in [7, 11) is 8.39. The minimum Gasteiger partial charge on any atom is -0.507 e. The summed E-state index contributed by atoms with van der Waals surface area (Å²) in [6.07, 6.45) is 0. The summed E-state index contributed by atoms with van der Waals surface area (Å²) < 4.78 is 16.1. The first-order valence-corrected chi connectivity index (χ1v) is 10.5. The summed E-state index contributed by atoms with van der Waals surface area (Å²) in [5.74, 6) is 0.0321. The Bertz CT molecular complexity index is 1090. The Kier molecular flexibility index (Phi) is 7.28. The number of aliphatic hydroxyl groups is 1. The van der Waals surface area contributed by atoms with E-state index in [1.165, 1.54) is 12.0 Å². The molecule has 1 amide bonds. The first-order valence-electron chi connectivity index (χ1n) is 10.5. The van der Waals surface area contributed by atoms with Gasteiger partial charge >= 0.3 is 0 Å². The van der Waals surface area contributed by atoms with Gasteiger partial charge in [0, 0.05) is 30.3 Å². The number of likely N-dealkylation sites (N-methyl/N-ethyl adjacent to an activating group) is 1. The van der Waals surface area contributed by atoms with E-state index < -0.39 is 17.7 Å². The van der Waals surface area contributed by atoms with Crippen LogP contribution in [-0.4, -0.2) is 75.1 Å². The minimum absolute atomic E-state index is 0.0236. The highest BCUT2D eigenvalue weighted by molar-refractivity contribution is 6.46. The fourth-order valence-corrected chi connectivity index (χ4v) is 3.96. The number of Topliss-reactive ketones (excluding diaryl/α,β-unsaturated/α-hetero) is 1. The number of nitrogens with zero attached hydrogens (tertiary/aromatic N) is 2. The van der Waals surface area contributed by atoms with Gasteiger partial charge < -0.3 is 29.1 Å². The normalized spacial score (nSPS) is 17.5. The van der Waals surface area contributed by atoms with Crippen molar-refractivity contribution < 1.29 is 28.9 Å². The van der Waals surface area contributed by atoms with E-state index in [1.54, 1.807) is 50.6 Å². The summed E-state index contributed by atoms with van der Waals surface area (Å²) in [5.41, 5.74) is 1.78. The van der Waals surface area contributed by atoms with Gasteiger partial charge in [-0.25, -0.2) is 0 Å². The second-order valence-corrected chi connectivity index (χ2v) is 8.08. The van der Waals surface area contributed by atoms with Crippen molar-refractivity contribution >= 4 is 17.4 Å². The number of benzene rings is 2. The predicted octanol–water partition coefficient (Wildman–Crippen LogP) is 3.00. The van der Waals surface area contributed by atoms with Gasteiger partial charge in [0.25, 0.3) is 11.7 Å². The van der Waals surface area contributed by atoms with Gasteiger partial charge in [-0.05, 0) is 56.9 Å². The third kappa shape index (κ3) is 4.66. The zero-order valence-corrected chi connectivity index (χ0v) is 19.8. The van der Waals surface area contributed by atoms with Gasteiger partial charge in [0.2, 0.25) is 0 Å². The molecule has 3 rings (SSSR count). The quantitative estimate of drug-likeness (QED) is 0.373. The third-order valence-corrected chi connectivity index (χ3v) is 5.75. The Morgan fingerprint density at radius 3 is 2.21 bits per heavy atom. The topological polar surface area (TPSA) is 88.5 Å². The molecule has 2 aromatic rings. The van der Waals surface area contributed by atoms with Crippen molar-refractivity contribution in [2.24, 2.45) is 0 Å².